The van der Waals surface area contributed by atoms with Gasteiger partial charge in [-0.25, -0.2) is 9.97 Å². The number of ether oxygens (including phenoxy) is 2. The lowest BCUT2D eigenvalue weighted by Crippen LogP contribution is -2.54. The smallest absolute Gasteiger partial charge is 0.333 e. The second kappa shape index (κ2) is 37.6. The quantitative estimate of drug-likeness (QED) is 0.0258. The first-order chi connectivity index (χ1) is 56.6. The highest BCUT2D eigenvalue weighted by molar-refractivity contribution is 6.25. The molecule has 12 heterocycles. The zero-order chi connectivity index (χ0) is 82.1. The number of aromatic nitrogens is 4. The predicted octanol–water partition coefficient (Wildman–Crippen LogP) is 5.96. The molecule has 16 rings (SSSR count). The fourth-order valence-corrected chi connectivity index (χ4v) is 17.4. The Morgan fingerprint density at radius 1 is 0.538 bits per heavy atom. The monoisotopic (exact) mass is 1620 g/mol. The normalized spacial score (nSPS) is 21.3. The van der Waals surface area contributed by atoms with Crippen LogP contribution in [-0.4, -0.2) is 307 Å². The van der Waals surface area contributed by atoms with Crippen molar-refractivity contribution in [3.05, 3.63) is 142 Å². The van der Waals surface area contributed by atoms with E-state index in [-0.39, 0.29) is 49.7 Å². The fraction of sp³-hybridized carbons (Fsp3) is 0.512. The molecule has 2 aromatic heterocycles. The van der Waals surface area contributed by atoms with E-state index < -0.39 is 47.5 Å². The van der Waals surface area contributed by atoms with Crippen molar-refractivity contribution in [2.45, 2.75) is 129 Å². The minimum Gasteiger partial charge on any atom is -0.491 e. The summed E-state index contributed by atoms with van der Waals surface area (Å²) in [5.74, 6) is 1.39. The second-order valence-corrected chi connectivity index (χ2v) is 32.7. The Kier molecular flexibility index (Phi) is 26.8. The van der Waals surface area contributed by atoms with Crippen LogP contribution in [0, 0.1) is 0 Å². The van der Waals surface area contributed by atoms with Gasteiger partial charge in [0.1, 0.15) is 47.2 Å². The van der Waals surface area contributed by atoms with E-state index in [2.05, 4.69) is 148 Å². The fourth-order valence-electron chi connectivity index (χ4n) is 17.2. The maximum Gasteiger partial charge on any atom is 0.333 e. The van der Waals surface area contributed by atoms with Crippen molar-refractivity contribution in [1.82, 2.24) is 74.8 Å². The van der Waals surface area contributed by atoms with Crippen LogP contribution >= 0.6 is 11.6 Å². The van der Waals surface area contributed by atoms with Crippen molar-refractivity contribution in [2.24, 2.45) is 4.99 Å². The molecule has 0 bridgehead atoms. The van der Waals surface area contributed by atoms with Crippen LogP contribution < -0.4 is 49.6 Å². The number of imide groups is 4. The second-order valence-electron chi connectivity index (χ2n) is 32.3. The number of anilines is 4. The first-order valence-corrected chi connectivity index (χ1v) is 42.0. The molecule has 117 heavy (non-hydrogen) atoms. The highest BCUT2D eigenvalue weighted by Crippen LogP contribution is 2.37. The number of likely N-dealkylation sites (N-methyl/N-ethyl adjacent to an activating group) is 1. The summed E-state index contributed by atoms with van der Waals surface area (Å²) >= 11 is 5.93. The van der Waals surface area contributed by atoms with Gasteiger partial charge in [-0.1, -0.05) is 12.1 Å². The Bertz CT molecular complexity index is 4760. The molecule has 10 aliphatic heterocycles. The van der Waals surface area contributed by atoms with Crippen molar-refractivity contribution < 1.29 is 47.8 Å². The molecule has 0 saturated carbocycles. The first kappa shape index (κ1) is 83.3. The Balaban J connectivity index is 0.000000160. The summed E-state index contributed by atoms with van der Waals surface area (Å²) in [5, 5.41) is 7.63. The van der Waals surface area contributed by atoms with Gasteiger partial charge >= 0.3 is 5.82 Å². The molecule has 10 aliphatic rings. The SMILES string of the molecule is CC(C)Oc1ccc2c(c1)C(c1cc(N3CCN(CCCl)[C@@H](C)C3)ncn1)=NC2.CC(C)Oc1ccc2c(c1)[N+](c1cc(N3CCN(CCN(C)CCCN4CCN(c5ccc6c(c5)C(=O)N(C5CCC(=O)NC5=O)C6=O)CC4)[C@@H](C)C3)ncn1)=CC2.CNCCCN1CCN(c2ccc3c(c2)C(=O)N(C2CCC(=O)NC2=O)C3=O)CC1. The van der Waals surface area contributed by atoms with Crippen molar-refractivity contribution in [3.8, 4) is 11.5 Å². The minimum absolute atomic E-state index is 0.104. The lowest BCUT2D eigenvalue weighted by atomic mass is 10.0. The van der Waals surface area contributed by atoms with Crippen molar-refractivity contribution in [1.29, 1.82) is 0 Å². The predicted molar refractivity (Wildman–Crippen MR) is 450 cm³/mol. The highest BCUT2D eigenvalue weighted by atomic mass is 35.5. The number of hydrogen-bond acceptors (Lipinski definition) is 25. The molecule has 6 aromatic rings. The molecule has 6 saturated heterocycles. The lowest BCUT2D eigenvalue weighted by molar-refractivity contribution is -0.137. The number of halogens is 1. The molecule has 620 valence electrons. The van der Waals surface area contributed by atoms with Crippen LogP contribution in [-0.2, 0) is 32.1 Å². The molecule has 0 spiro atoms. The molecule has 8 amide bonds. The first-order valence-electron chi connectivity index (χ1n) is 41.5. The Hall–Kier alpha value is -10.2. The summed E-state index contributed by atoms with van der Waals surface area (Å²) in [7, 11) is 4.17. The highest BCUT2D eigenvalue weighted by Gasteiger charge is 2.47. The standard InChI is InChI=1S/C43H54N10O5.C22H28ClN5O.C21H27N5O4/c1-29(2)58-33-8-6-31-12-15-52(37(31)25-33)39-26-38(44-28-45-39)51-23-22-49(30(3)27-51)19-16-47(4)13-5-14-48-17-20-50(21-18-48)32-7-9-34-35(24-32)43(57)53(42(34)56)36-10-11-40(54)46-41(36)55;1-15(2)29-18-5-4-17-12-24-22(19(17)10-18)20-11-21(26-14-25-20)28-9-8-27(7-6-23)16(3)13-28;1-22-7-2-8-24-9-11-25(12-10-24)14-3-4-15-16(13-14)21(30)26(20(15)29)17-5-6-18(27)23-19(17)28/h6-9,15,24-26,28-30,36H,5,10-14,16-23,27H2,1-4H3;4-5,10-11,14-16H,6-9,12-13H2,1-3H3;3-4,13,17,22H,2,5-12H2,1H3,(H,23,27,28)/p+1/t30-,36?;16-;/m00./s1. The largest absolute Gasteiger partial charge is 0.491 e. The van der Waals surface area contributed by atoms with E-state index in [1.165, 1.54) is 11.1 Å². The third-order valence-corrected chi connectivity index (χ3v) is 23.8. The maximum absolute atomic E-state index is 13.3. The van der Waals surface area contributed by atoms with Gasteiger partial charge < -0.3 is 39.3 Å². The third kappa shape index (κ3) is 19.3. The van der Waals surface area contributed by atoms with Crippen LogP contribution in [0.15, 0.2) is 103 Å². The average molecular weight is 1620 g/mol. The van der Waals surface area contributed by atoms with Gasteiger partial charge in [-0.3, -0.25) is 83.4 Å². The number of amides is 8. The van der Waals surface area contributed by atoms with Crippen LogP contribution in [0.25, 0.3) is 0 Å². The number of hydrogen-bond donors (Lipinski definition) is 3. The van der Waals surface area contributed by atoms with Gasteiger partial charge in [0, 0.05) is 183 Å². The van der Waals surface area contributed by atoms with Gasteiger partial charge in [0.05, 0.1) is 64.7 Å². The summed E-state index contributed by atoms with van der Waals surface area (Å²) in [6.45, 7) is 33.3. The number of benzene rings is 4. The van der Waals surface area contributed by atoms with Crippen LogP contribution in [0.3, 0.4) is 0 Å². The van der Waals surface area contributed by atoms with E-state index in [4.69, 9.17) is 26.1 Å². The van der Waals surface area contributed by atoms with E-state index in [0.29, 0.717) is 46.8 Å². The average Bonchev–Trinajstić information content (AvgIpc) is 1.62. The van der Waals surface area contributed by atoms with Crippen molar-refractivity contribution >= 4 is 105 Å². The van der Waals surface area contributed by atoms with Gasteiger partial charge in [-0.15, -0.1) is 11.6 Å². The number of fused-ring (bicyclic) bond motifs is 4. The molecule has 0 aliphatic carbocycles. The third-order valence-electron chi connectivity index (χ3n) is 23.6. The van der Waals surface area contributed by atoms with Crippen molar-refractivity contribution in [2.75, 3.05) is 177 Å². The van der Waals surface area contributed by atoms with E-state index in [1.54, 1.807) is 36.9 Å². The number of carbonyl (C=O) groups is 8. The summed E-state index contributed by atoms with van der Waals surface area (Å²) in [6.07, 6.45) is 9.37. The van der Waals surface area contributed by atoms with Crippen LogP contribution in [0.2, 0.25) is 0 Å². The minimum atomic E-state index is -0.958. The number of alkyl halides is 1. The number of nitrogens with zero attached hydrogens (tertiary/aromatic N) is 17. The molecule has 4 atom stereocenters. The van der Waals surface area contributed by atoms with E-state index in [1.807, 2.05) is 59.0 Å². The number of rotatable bonds is 25. The molecule has 31 heteroatoms. The Labute approximate surface area is 689 Å². The van der Waals surface area contributed by atoms with E-state index in [9.17, 15) is 38.4 Å². The molecular weight excluding hydrogens is 1510 g/mol. The van der Waals surface area contributed by atoms with Crippen LogP contribution in [0.1, 0.15) is 144 Å². The number of piperidine rings is 2. The molecule has 30 nitrogen and oxygen atoms in total. The summed E-state index contributed by atoms with van der Waals surface area (Å²) in [4.78, 5) is 147. The molecule has 2 unspecified atom stereocenters. The Morgan fingerprint density at radius 3 is 1.59 bits per heavy atom. The summed E-state index contributed by atoms with van der Waals surface area (Å²) in [5.41, 5.74) is 9.58. The number of piperazine rings is 4. The number of nitrogens with one attached hydrogen (secondary N) is 3. The molecule has 3 N–H and O–H groups in total. The van der Waals surface area contributed by atoms with Crippen molar-refractivity contribution in [3.63, 3.8) is 0 Å². The molecular formula is C86H110ClN20O10+. The van der Waals surface area contributed by atoms with Crippen LogP contribution in [0.5, 0.6) is 11.5 Å². The van der Waals surface area contributed by atoms with Crippen LogP contribution in [0.4, 0.5) is 34.5 Å². The molecule has 4 aromatic carbocycles. The maximum atomic E-state index is 13.3. The topological polar surface area (TPSA) is 294 Å². The van der Waals surface area contributed by atoms with E-state index in [0.717, 1.165) is 229 Å². The van der Waals surface area contributed by atoms with Gasteiger partial charge in [-0.2, -0.15) is 9.56 Å². The van der Waals surface area contributed by atoms with Gasteiger partial charge in [0.2, 0.25) is 30.0 Å². The Morgan fingerprint density at radius 2 is 1.05 bits per heavy atom. The number of aliphatic imine (C=N–C) groups is 1. The van der Waals surface area contributed by atoms with Gasteiger partial charge in [0.15, 0.2) is 0 Å². The summed E-state index contributed by atoms with van der Waals surface area (Å²) in [6, 6.07) is 26.3. The van der Waals surface area contributed by atoms with Gasteiger partial charge in [0.25, 0.3) is 23.6 Å². The van der Waals surface area contributed by atoms with E-state index >= 15 is 0 Å². The number of carbonyl (C=O) groups excluding carboxylic acids is 8. The molecule has 6 fully saturated rings. The van der Waals surface area contributed by atoms with Gasteiger partial charge in [-0.05, 0) is 173 Å². The molecule has 0 radical (unpaired) electrons. The summed E-state index contributed by atoms with van der Waals surface area (Å²) < 4.78 is 14.0. The zero-order valence-electron chi connectivity index (χ0n) is 68.6. The lowest BCUT2D eigenvalue weighted by Gasteiger charge is -2.40. The zero-order valence-corrected chi connectivity index (χ0v) is 69.3.